The first kappa shape index (κ1) is 21.4. The van der Waals surface area contributed by atoms with Crippen molar-refractivity contribution in [3.63, 3.8) is 0 Å². The number of hydrogen-bond acceptors (Lipinski definition) is 7. The molecule has 2 aliphatic heterocycles. The molecule has 3 aromatic rings. The molecular weight excluding hydrogens is 450 g/mol. The molecule has 0 saturated heterocycles. The van der Waals surface area contributed by atoms with Gasteiger partial charge in [0.05, 0.1) is 18.2 Å². The molecule has 170 valence electrons. The summed E-state index contributed by atoms with van der Waals surface area (Å²) in [6, 6.07) is 10.9. The third kappa shape index (κ3) is 3.71. The minimum Gasteiger partial charge on any atom is -0.503 e. The van der Waals surface area contributed by atoms with Crippen molar-refractivity contribution in [2.24, 2.45) is 0 Å². The normalized spacial score (nSPS) is 17.8. The Morgan fingerprint density at radius 1 is 1.15 bits per heavy atom. The minimum absolute atomic E-state index is 0.00208. The van der Waals surface area contributed by atoms with Crippen molar-refractivity contribution in [1.82, 2.24) is 4.90 Å². The highest BCUT2D eigenvalue weighted by Crippen LogP contribution is 2.42. The summed E-state index contributed by atoms with van der Waals surface area (Å²) in [4.78, 5) is 27.9. The summed E-state index contributed by atoms with van der Waals surface area (Å²) in [5.41, 5.74) is 0.993. The van der Waals surface area contributed by atoms with Crippen LogP contribution in [0.4, 0.5) is 0 Å². The highest BCUT2D eigenvalue weighted by Gasteiger charge is 2.44. The molecule has 0 fully saturated rings. The molecule has 33 heavy (non-hydrogen) atoms. The summed E-state index contributed by atoms with van der Waals surface area (Å²) in [5.74, 6) is -0.780. The van der Waals surface area contributed by atoms with E-state index in [1.54, 1.807) is 42.5 Å². The molecule has 1 N–H and O–H groups in total. The number of rotatable bonds is 6. The van der Waals surface area contributed by atoms with Gasteiger partial charge in [-0.1, -0.05) is 17.7 Å². The third-order valence-corrected chi connectivity index (χ3v) is 5.90. The van der Waals surface area contributed by atoms with Crippen molar-refractivity contribution in [2.75, 3.05) is 33.5 Å². The molecule has 1 amide bonds. The molecule has 0 radical (unpaired) electrons. The van der Waals surface area contributed by atoms with Gasteiger partial charge in [-0.05, 0) is 42.0 Å². The van der Waals surface area contributed by atoms with E-state index in [0.717, 1.165) is 0 Å². The highest BCUT2D eigenvalue weighted by atomic mass is 35.5. The number of carbonyl (C=O) groups is 2. The number of ether oxygens (including phenoxy) is 3. The van der Waals surface area contributed by atoms with E-state index in [1.807, 2.05) is 0 Å². The largest absolute Gasteiger partial charge is 0.503 e. The summed E-state index contributed by atoms with van der Waals surface area (Å²) in [7, 11) is 1.51. The van der Waals surface area contributed by atoms with Crippen LogP contribution in [-0.2, 0) is 9.53 Å². The van der Waals surface area contributed by atoms with E-state index in [1.165, 1.54) is 12.0 Å². The smallest absolute Gasteiger partial charge is 0.290 e. The molecule has 5 rings (SSSR count). The molecule has 9 heteroatoms. The fraction of sp³-hybridized carbons (Fsp3) is 0.250. The SMILES string of the molecule is COCCN1C(=O)C(O)=C(C(=O)c2cc3cc(Cl)ccc3o2)C1c1ccc2c(c1)OCCO2. The Labute approximate surface area is 193 Å². The number of carbonyl (C=O) groups excluding carboxylic acids is 2. The van der Waals surface area contributed by atoms with Gasteiger partial charge in [0.15, 0.2) is 23.0 Å². The predicted molar refractivity (Wildman–Crippen MR) is 119 cm³/mol. The Morgan fingerprint density at radius 3 is 2.73 bits per heavy atom. The lowest BCUT2D eigenvalue weighted by Gasteiger charge is -2.27. The number of Topliss-reactive ketones (excluding diaryl/α,β-unsaturated/α-hetero) is 1. The lowest BCUT2D eigenvalue weighted by Crippen LogP contribution is -2.34. The number of aliphatic hydroxyl groups excluding tert-OH is 1. The van der Waals surface area contributed by atoms with Crippen LogP contribution in [0.2, 0.25) is 5.02 Å². The van der Waals surface area contributed by atoms with Crippen molar-refractivity contribution in [3.05, 3.63) is 70.1 Å². The van der Waals surface area contributed by atoms with Gasteiger partial charge < -0.3 is 28.6 Å². The number of methoxy groups -OCH3 is 1. The van der Waals surface area contributed by atoms with Crippen LogP contribution in [0.15, 0.2) is 58.2 Å². The molecular formula is C24H20ClNO7. The fourth-order valence-corrected chi connectivity index (χ4v) is 4.32. The molecule has 2 aromatic carbocycles. The molecule has 3 heterocycles. The zero-order valence-electron chi connectivity index (χ0n) is 17.7. The minimum atomic E-state index is -0.854. The Balaban J connectivity index is 1.59. The second kappa shape index (κ2) is 8.46. The first-order chi connectivity index (χ1) is 16.0. The van der Waals surface area contributed by atoms with Gasteiger partial charge in [-0.3, -0.25) is 9.59 Å². The molecule has 0 saturated carbocycles. The lowest BCUT2D eigenvalue weighted by atomic mass is 9.94. The van der Waals surface area contributed by atoms with E-state index >= 15 is 0 Å². The monoisotopic (exact) mass is 469 g/mol. The van der Waals surface area contributed by atoms with E-state index in [9.17, 15) is 14.7 Å². The van der Waals surface area contributed by atoms with E-state index in [2.05, 4.69) is 0 Å². The Bertz CT molecular complexity index is 1300. The van der Waals surface area contributed by atoms with Crippen LogP contribution in [0.3, 0.4) is 0 Å². The number of amides is 1. The van der Waals surface area contributed by atoms with Crippen molar-refractivity contribution in [1.29, 1.82) is 0 Å². The summed E-state index contributed by atoms with van der Waals surface area (Å²) in [6.45, 7) is 1.23. The summed E-state index contributed by atoms with van der Waals surface area (Å²) >= 11 is 6.04. The molecule has 1 aromatic heterocycles. The van der Waals surface area contributed by atoms with Crippen molar-refractivity contribution < 1.29 is 33.3 Å². The average Bonchev–Trinajstić information content (AvgIpc) is 3.35. The number of aliphatic hydroxyl groups is 1. The first-order valence-electron chi connectivity index (χ1n) is 10.3. The van der Waals surface area contributed by atoms with E-state index in [-0.39, 0.29) is 24.5 Å². The van der Waals surface area contributed by atoms with Gasteiger partial charge in [0.2, 0.25) is 5.78 Å². The van der Waals surface area contributed by atoms with E-state index < -0.39 is 23.5 Å². The molecule has 0 spiro atoms. The van der Waals surface area contributed by atoms with Crippen LogP contribution in [0.5, 0.6) is 11.5 Å². The Kier molecular flexibility index (Phi) is 5.47. The predicted octanol–water partition coefficient (Wildman–Crippen LogP) is 4.08. The maximum atomic E-state index is 13.5. The van der Waals surface area contributed by atoms with Gasteiger partial charge in [-0.15, -0.1) is 0 Å². The van der Waals surface area contributed by atoms with Crippen molar-refractivity contribution in [3.8, 4) is 11.5 Å². The number of ketones is 1. The number of benzene rings is 2. The third-order valence-electron chi connectivity index (χ3n) is 5.67. The van der Waals surface area contributed by atoms with Crippen LogP contribution in [0.1, 0.15) is 22.2 Å². The van der Waals surface area contributed by atoms with Gasteiger partial charge in [-0.2, -0.15) is 0 Å². The molecule has 1 unspecified atom stereocenters. The topological polar surface area (TPSA) is 98.4 Å². The van der Waals surface area contributed by atoms with E-state index in [0.29, 0.717) is 46.3 Å². The van der Waals surface area contributed by atoms with Crippen LogP contribution < -0.4 is 9.47 Å². The number of fused-ring (bicyclic) bond motifs is 2. The summed E-state index contributed by atoms with van der Waals surface area (Å²) < 4.78 is 22.1. The maximum Gasteiger partial charge on any atom is 0.290 e. The fourth-order valence-electron chi connectivity index (χ4n) is 4.14. The van der Waals surface area contributed by atoms with Crippen molar-refractivity contribution >= 4 is 34.3 Å². The highest BCUT2D eigenvalue weighted by molar-refractivity contribution is 6.31. The van der Waals surface area contributed by atoms with Gasteiger partial charge in [0, 0.05) is 24.1 Å². The van der Waals surface area contributed by atoms with Gasteiger partial charge in [-0.25, -0.2) is 0 Å². The second-order valence-corrected chi connectivity index (χ2v) is 8.12. The Morgan fingerprint density at radius 2 is 1.94 bits per heavy atom. The second-order valence-electron chi connectivity index (χ2n) is 7.68. The number of furan rings is 1. The number of hydrogen-bond donors (Lipinski definition) is 1. The summed E-state index contributed by atoms with van der Waals surface area (Å²) in [6.07, 6.45) is 0. The molecule has 1 atom stereocenters. The van der Waals surface area contributed by atoms with Gasteiger partial charge in [0.1, 0.15) is 18.8 Å². The van der Waals surface area contributed by atoms with Gasteiger partial charge in [0.25, 0.3) is 5.91 Å². The quantitative estimate of drug-likeness (QED) is 0.543. The van der Waals surface area contributed by atoms with Crippen LogP contribution >= 0.6 is 11.6 Å². The average molecular weight is 470 g/mol. The van der Waals surface area contributed by atoms with E-state index in [4.69, 9.17) is 30.2 Å². The molecule has 0 aliphatic carbocycles. The number of halogens is 1. The van der Waals surface area contributed by atoms with Crippen LogP contribution in [-0.4, -0.2) is 55.2 Å². The first-order valence-corrected chi connectivity index (χ1v) is 10.7. The van der Waals surface area contributed by atoms with Crippen molar-refractivity contribution in [2.45, 2.75) is 6.04 Å². The zero-order valence-corrected chi connectivity index (χ0v) is 18.4. The molecule has 8 nitrogen and oxygen atoms in total. The van der Waals surface area contributed by atoms with Gasteiger partial charge >= 0.3 is 0 Å². The lowest BCUT2D eigenvalue weighted by molar-refractivity contribution is -0.130. The zero-order chi connectivity index (χ0) is 23.1. The maximum absolute atomic E-state index is 13.5. The van der Waals surface area contributed by atoms with Crippen LogP contribution in [0, 0.1) is 0 Å². The molecule has 0 bridgehead atoms. The standard InChI is InChI=1S/C24H20ClNO7/c1-30-7-6-26-21(13-2-4-17-18(11-13)32-9-8-31-17)20(23(28)24(26)29)22(27)19-12-14-10-15(25)3-5-16(14)33-19/h2-5,10-12,21,28H,6-9H2,1H3. The summed E-state index contributed by atoms with van der Waals surface area (Å²) in [5, 5.41) is 11.9. The Hall–Kier alpha value is -3.49. The number of nitrogens with zero attached hydrogens (tertiary/aromatic N) is 1. The molecule has 2 aliphatic rings. The van der Waals surface area contributed by atoms with Crippen LogP contribution in [0.25, 0.3) is 11.0 Å².